The first kappa shape index (κ1) is 47.3. The number of unbranched alkanes of at least 4 members (excludes halogenated alkanes) is 16. The lowest BCUT2D eigenvalue weighted by Crippen LogP contribution is -2.16. The maximum Gasteiger partial charge on any atom is 0.333 e. The van der Waals surface area contributed by atoms with Gasteiger partial charge in [-0.05, 0) is 103 Å². The molecule has 0 aliphatic rings. The average Bonchev–Trinajstić information content (AvgIpc) is 3.09. The molecule has 0 spiro atoms. The second-order valence-electron chi connectivity index (χ2n) is 14.3. The fourth-order valence-corrected chi connectivity index (χ4v) is 6.63. The van der Waals surface area contributed by atoms with Gasteiger partial charge in [0.2, 0.25) is 0 Å². The summed E-state index contributed by atoms with van der Waals surface area (Å²) in [6.45, 7) is 11.3. The molecule has 0 fully saturated rings. The number of aliphatic hydroxyl groups is 1. The van der Waals surface area contributed by atoms with E-state index in [2.05, 4.69) is 33.0 Å². The molecular weight excluding hydrogens is 610 g/mol. The van der Waals surface area contributed by atoms with Gasteiger partial charge in [0.15, 0.2) is 0 Å². The minimum atomic E-state index is -0.693. The third-order valence-corrected chi connectivity index (χ3v) is 9.78. The first-order chi connectivity index (χ1) is 24.0. The van der Waals surface area contributed by atoms with Crippen LogP contribution in [0.15, 0.2) is 22.3 Å². The molecule has 288 valence electrons. The zero-order valence-corrected chi connectivity index (χ0v) is 33.0. The Morgan fingerprint density at radius 1 is 0.469 bits per heavy atom. The summed E-state index contributed by atoms with van der Waals surface area (Å²) in [5.74, 6) is -0.846. The molecule has 3 N–H and O–H groups in total. The fourth-order valence-electron chi connectivity index (χ4n) is 6.63. The Morgan fingerprint density at radius 2 is 0.857 bits per heavy atom. The van der Waals surface area contributed by atoms with Crippen molar-refractivity contribution in [1.82, 2.24) is 5.32 Å². The number of nitrogens with one attached hydrogen (secondary N) is 1. The number of allylic oxidation sites excluding steroid dienone is 2. The van der Waals surface area contributed by atoms with Gasteiger partial charge in [-0.25, -0.2) is 9.59 Å². The first-order valence-corrected chi connectivity index (χ1v) is 21.1. The number of hydrogen-bond acceptors (Lipinski definition) is 5. The number of aliphatic carboxylic acids is 1. The van der Waals surface area contributed by atoms with Crippen LogP contribution in [0.5, 0.6) is 0 Å². The van der Waals surface area contributed by atoms with E-state index < -0.39 is 5.97 Å². The number of aliphatic hydroxyl groups excluding tert-OH is 1. The van der Waals surface area contributed by atoms with Gasteiger partial charge in [0, 0.05) is 24.2 Å². The zero-order valence-electron chi connectivity index (χ0n) is 33.0. The number of rotatable bonds is 37. The summed E-state index contributed by atoms with van der Waals surface area (Å²) in [5.41, 5.74) is 4.17. The Kier molecular flexibility index (Phi) is 34.9. The van der Waals surface area contributed by atoms with E-state index in [9.17, 15) is 14.7 Å². The van der Waals surface area contributed by atoms with E-state index in [1.165, 1.54) is 62.5 Å². The molecule has 0 aromatic rings. The van der Waals surface area contributed by atoms with Crippen LogP contribution < -0.4 is 5.32 Å². The van der Waals surface area contributed by atoms with E-state index in [1.54, 1.807) is 0 Å². The van der Waals surface area contributed by atoms with Crippen LogP contribution in [0.4, 0.5) is 0 Å². The van der Waals surface area contributed by atoms with Crippen LogP contribution in [-0.4, -0.2) is 48.5 Å². The van der Waals surface area contributed by atoms with Crippen LogP contribution in [-0.2, 0) is 14.3 Å². The highest BCUT2D eigenvalue weighted by molar-refractivity contribution is 5.89. The van der Waals surface area contributed by atoms with Crippen molar-refractivity contribution in [3.05, 3.63) is 22.3 Å². The van der Waals surface area contributed by atoms with Gasteiger partial charge in [-0.1, -0.05) is 129 Å². The van der Waals surface area contributed by atoms with E-state index in [-0.39, 0.29) is 12.6 Å². The molecule has 0 amide bonds. The highest BCUT2D eigenvalue weighted by atomic mass is 16.5. The molecular formula is C43H81NO5. The number of ether oxygens (including phenoxy) is 1. The lowest BCUT2D eigenvalue weighted by Gasteiger charge is -2.16. The third kappa shape index (κ3) is 27.7. The highest BCUT2D eigenvalue weighted by Gasteiger charge is 2.17. The quantitative estimate of drug-likeness (QED) is 0.0341. The molecule has 0 unspecified atom stereocenters. The van der Waals surface area contributed by atoms with Gasteiger partial charge in [-0.15, -0.1) is 0 Å². The Morgan fingerprint density at radius 3 is 1.31 bits per heavy atom. The summed E-state index contributed by atoms with van der Waals surface area (Å²) in [7, 11) is 0. The van der Waals surface area contributed by atoms with Crippen molar-refractivity contribution in [3.63, 3.8) is 0 Å². The Hall–Kier alpha value is -1.66. The van der Waals surface area contributed by atoms with Gasteiger partial charge in [0.05, 0.1) is 6.61 Å². The molecule has 0 radical (unpaired) electrons. The van der Waals surface area contributed by atoms with Gasteiger partial charge >= 0.3 is 11.9 Å². The second-order valence-corrected chi connectivity index (χ2v) is 14.3. The van der Waals surface area contributed by atoms with Crippen LogP contribution in [0.1, 0.15) is 214 Å². The van der Waals surface area contributed by atoms with Gasteiger partial charge in [-0.3, -0.25) is 0 Å². The van der Waals surface area contributed by atoms with E-state index in [1.807, 2.05) is 0 Å². The van der Waals surface area contributed by atoms with Crippen molar-refractivity contribution in [2.24, 2.45) is 0 Å². The molecule has 0 rings (SSSR count). The lowest BCUT2D eigenvalue weighted by molar-refractivity contribution is -0.139. The summed E-state index contributed by atoms with van der Waals surface area (Å²) < 4.78 is 5.58. The molecule has 0 aromatic carbocycles. The molecule has 49 heavy (non-hydrogen) atoms. The topological polar surface area (TPSA) is 95.9 Å². The number of hydrogen-bond donors (Lipinski definition) is 3. The van der Waals surface area contributed by atoms with Crippen molar-refractivity contribution in [3.8, 4) is 0 Å². The predicted molar refractivity (Wildman–Crippen MR) is 209 cm³/mol. The van der Waals surface area contributed by atoms with Crippen LogP contribution >= 0.6 is 0 Å². The minimum Gasteiger partial charge on any atom is -0.478 e. The van der Waals surface area contributed by atoms with Crippen molar-refractivity contribution >= 4 is 11.9 Å². The largest absolute Gasteiger partial charge is 0.478 e. The van der Waals surface area contributed by atoms with Gasteiger partial charge in [0.25, 0.3) is 0 Å². The van der Waals surface area contributed by atoms with Crippen LogP contribution in [0.2, 0.25) is 0 Å². The molecule has 0 saturated heterocycles. The van der Waals surface area contributed by atoms with Crippen LogP contribution in [0, 0.1) is 0 Å². The van der Waals surface area contributed by atoms with E-state index in [0.717, 1.165) is 141 Å². The van der Waals surface area contributed by atoms with E-state index in [0.29, 0.717) is 25.0 Å². The Bertz CT molecular complexity index is 849. The second kappa shape index (κ2) is 36.1. The van der Waals surface area contributed by atoms with Gasteiger partial charge in [-0.2, -0.15) is 0 Å². The standard InChI is InChI=1S/C43H81NO5/c1-5-9-13-15-21-30-38(28-11-7-3)40(42(46)47)32-23-17-19-25-34-44-35-26-20-18-24-33-41(43(48)49-37-27-36-45)39(29-12-8-4)31-22-16-14-10-6-2/h44-45H,5-37H2,1-4H3,(H,46,47)/b40-38+,41-39+. The molecule has 0 atom stereocenters. The summed E-state index contributed by atoms with van der Waals surface area (Å²) in [6.07, 6.45) is 31.4. The lowest BCUT2D eigenvalue weighted by atomic mass is 9.93. The normalized spacial score (nSPS) is 12.6. The summed E-state index contributed by atoms with van der Waals surface area (Å²) in [6, 6.07) is 0. The number of carboxylic acid groups (broad SMARTS) is 1. The maximum atomic E-state index is 13.1. The maximum absolute atomic E-state index is 13.1. The molecule has 0 aromatic heterocycles. The fraction of sp³-hybridized carbons (Fsp3) is 0.860. The smallest absolute Gasteiger partial charge is 0.333 e. The summed E-state index contributed by atoms with van der Waals surface area (Å²) in [5, 5.41) is 22.7. The molecule has 0 aliphatic carbocycles. The van der Waals surface area contributed by atoms with Crippen LogP contribution in [0.3, 0.4) is 0 Å². The van der Waals surface area contributed by atoms with Crippen molar-refractivity contribution in [2.45, 2.75) is 214 Å². The first-order valence-electron chi connectivity index (χ1n) is 21.1. The number of carboxylic acids is 1. The minimum absolute atomic E-state index is 0.0467. The number of carbonyl (C=O) groups is 2. The molecule has 0 aliphatic heterocycles. The molecule has 0 bridgehead atoms. The number of carbonyl (C=O) groups excluding carboxylic acids is 1. The SMILES string of the molecule is CCCCCCC/C(CCCC)=C(\CCCCCCNCCCCCC/C(C(=O)OCCCO)=C(/CCCC)CCCCCCC)C(=O)O. The molecule has 0 saturated carbocycles. The molecule has 6 nitrogen and oxygen atoms in total. The zero-order chi connectivity index (χ0) is 36.2. The average molecular weight is 692 g/mol. The predicted octanol–water partition coefficient (Wildman–Crippen LogP) is 12.2. The van der Waals surface area contributed by atoms with Gasteiger partial charge in [0.1, 0.15) is 0 Å². The Labute approximate surface area is 303 Å². The summed E-state index contributed by atoms with van der Waals surface area (Å²) in [4.78, 5) is 25.2. The van der Waals surface area contributed by atoms with Crippen molar-refractivity contribution in [2.75, 3.05) is 26.3 Å². The van der Waals surface area contributed by atoms with E-state index >= 15 is 0 Å². The number of esters is 1. The third-order valence-electron chi connectivity index (χ3n) is 9.78. The van der Waals surface area contributed by atoms with E-state index in [4.69, 9.17) is 9.84 Å². The van der Waals surface area contributed by atoms with Gasteiger partial charge < -0.3 is 20.3 Å². The van der Waals surface area contributed by atoms with Crippen molar-refractivity contribution < 1.29 is 24.5 Å². The molecule has 6 heteroatoms. The van der Waals surface area contributed by atoms with Crippen molar-refractivity contribution in [1.29, 1.82) is 0 Å². The molecule has 0 heterocycles. The Balaban J connectivity index is 4.53. The monoisotopic (exact) mass is 692 g/mol. The van der Waals surface area contributed by atoms with Crippen LogP contribution in [0.25, 0.3) is 0 Å². The summed E-state index contributed by atoms with van der Waals surface area (Å²) >= 11 is 0. The highest BCUT2D eigenvalue weighted by Crippen LogP contribution is 2.26.